The zero-order valence-corrected chi connectivity index (χ0v) is 14.1. The standard InChI is InChI=1S/C16H16N4O6/c1-8-10-7-9(17)3-4-11(10)18-15(25-2)14(8)26-16(23)20(24)19-12(21)5-6-13(19)22/h3-4,7,24H,5-6,17H2,1-2H3. The number of hydroxylamine groups is 1. The molecule has 3 rings (SSSR count). The molecule has 0 atom stereocenters. The van der Waals surface area contributed by atoms with Gasteiger partial charge in [-0.05, 0) is 25.1 Å². The van der Waals surface area contributed by atoms with Crippen LogP contribution in [0.1, 0.15) is 18.4 Å². The second-order valence-electron chi connectivity index (χ2n) is 5.61. The Morgan fingerprint density at radius 1 is 1.31 bits per heavy atom. The van der Waals surface area contributed by atoms with E-state index in [0.717, 1.165) is 0 Å². The van der Waals surface area contributed by atoms with E-state index in [1.54, 1.807) is 25.1 Å². The average Bonchev–Trinajstić information content (AvgIpc) is 2.95. The first-order chi connectivity index (χ1) is 12.3. The maximum atomic E-state index is 12.2. The highest BCUT2D eigenvalue weighted by Gasteiger charge is 2.38. The fraction of sp³-hybridized carbons (Fsp3) is 0.250. The van der Waals surface area contributed by atoms with Gasteiger partial charge in [0.05, 0.1) is 12.6 Å². The lowest BCUT2D eigenvalue weighted by atomic mass is 10.1. The number of imide groups is 1. The monoisotopic (exact) mass is 360 g/mol. The molecule has 26 heavy (non-hydrogen) atoms. The Morgan fingerprint density at radius 3 is 2.58 bits per heavy atom. The summed E-state index contributed by atoms with van der Waals surface area (Å²) < 4.78 is 10.3. The summed E-state index contributed by atoms with van der Waals surface area (Å²) in [6, 6.07) is 5.00. The Bertz CT molecular complexity index is 913. The Balaban J connectivity index is 1.97. The Hall–Kier alpha value is -3.40. The molecule has 1 aromatic carbocycles. The van der Waals surface area contributed by atoms with Crippen molar-refractivity contribution in [2.45, 2.75) is 19.8 Å². The number of fused-ring (bicyclic) bond motifs is 1. The van der Waals surface area contributed by atoms with Crippen molar-refractivity contribution in [3.8, 4) is 11.6 Å². The second-order valence-corrected chi connectivity index (χ2v) is 5.61. The predicted molar refractivity (Wildman–Crippen MR) is 88.2 cm³/mol. The van der Waals surface area contributed by atoms with E-state index in [1.807, 2.05) is 0 Å². The minimum Gasteiger partial charge on any atom is -0.478 e. The molecule has 2 heterocycles. The van der Waals surface area contributed by atoms with Crippen LogP contribution in [0.3, 0.4) is 0 Å². The molecular weight excluding hydrogens is 344 g/mol. The van der Waals surface area contributed by atoms with Crippen molar-refractivity contribution < 1.29 is 29.1 Å². The van der Waals surface area contributed by atoms with Gasteiger partial charge >= 0.3 is 6.09 Å². The van der Waals surface area contributed by atoms with Gasteiger partial charge in [-0.25, -0.2) is 9.78 Å². The third-order valence-corrected chi connectivity index (χ3v) is 3.94. The number of nitrogens with zero attached hydrogens (tertiary/aromatic N) is 3. The summed E-state index contributed by atoms with van der Waals surface area (Å²) in [5.41, 5.74) is 7.32. The molecule has 136 valence electrons. The van der Waals surface area contributed by atoms with E-state index < -0.39 is 17.9 Å². The first-order valence-electron chi connectivity index (χ1n) is 7.63. The molecule has 0 unspecified atom stereocenters. The number of nitrogen functional groups attached to an aromatic ring is 1. The van der Waals surface area contributed by atoms with Crippen LogP contribution in [0.5, 0.6) is 11.6 Å². The highest BCUT2D eigenvalue weighted by atomic mass is 16.7. The van der Waals surface area contributed by atoms with E-state index in [9.17, 15) is 19.6 Å². The van der Waals surface area contributed by atoms with Gasteiger partial charge in [-0.3, -0.25) is 14.8 Å². The minimum absolute atomic E-state index is 0.000552. The maximum absolute atomic E-state index is 12.2. The molecule has 10 nitrogen and oxygen atoms in total. The number of amides is 3. The summed E-state index contributed by atoms with van der Waals surface area (Å²) in [5.74, 6) is -1.47. The number of ether oxygens (including phenoxy) is 2. The molecule has 1 aliphatic heterocycles. The van der Waals surface area contributed by atoms with Crippen molar-refractivity contribution in [1.29, 1.82) is 0 Å². The van der Waals surface area contributed by atoms with Gasteiger partial charge in [-0.15, -0.1) is 0 Å². The van der Waals surface area contributed by atoms with Crippen LogP contribution in [0.25, 0.3) is 10.9 Å². The number of carbonyl (C=O) groups excluding carboxylic acids is 3. The van der Waals surface area contributed by atoms with E-state index in [2.05, 4.69) is 4.98 Å². The summed E-state index contributed by atoms with van der Waals surface area (Å²) in [7, 11) is 1.34. The molecule has 3 N–H and O–H groups in total. The zero-order valence-electron chi connectivity index (χ0n) is 14.1. The van der Waals surface area contributed by atoms with Crippen molar-refractivity contribution in [1.82, 2.24) is 15.2 Å². The summed E-state index contributed by atoms with van der Waals surface area (Å²) in [4.78, 5) is 39.7. The van der Waals surface area contributed by atoms with Gasteiger partial charge in [-0.2, -0.15) is 5.01 Å². The molecule has 0 saturated carbocycles. The van der Waals surface area contributed by atoms with Gasteiger partial charge in [0.2, 0.25) is 0 Å². The summed E-state index contributed by atoms with van der Waals surface area (Å²) in [6.07, 6.45) is -1.54. The minimum atomic E-state index is -1.35. The SMILES string of the molecule is COc1nc2ccc(N)cc2c(C)c1OC(=O)N(O)N1C(=O)CCC1=O. The normalized spacial score (nSPS) is 14.0. The number of methoxy groups -OCH3 is 1. The molecule has 0 radical (unpaired) electrons. The van der Waals surface area contributed by atoms with Crippen LogP contribution >= 0.6 is 0 Å². The van der Waals surface area contributed by atoms with E-state index in [4.69, 9.17) is 15.2 Å². The Labute approximate surface area is 147 Å². The smallest absolute Gasteiger partial charge is 0.460 e. The average molecular weight is 360 g/mol. The molecule has 1 aliphatic rings. The molecule has 3 amide bonds. The molecule has 1 saturated heterocycles. The van der Waals surface area contributed by atoms with Crippen LogP contribution in [0.4, 0.5) is 10.5 Å². The molecule has 0 spiro atoms. The third-order valence-electron chi connectivity index (χ3n) is 3.94. The van der Waals surface area contributed by atoms with Gasteiger partial charge in [0.15, 0.2) is 5.75 Å². The number of hydrogen-bond acceptors (Lipinski definition) is 8. The number of anilines is 1. The van der Waals surface area contributed by atoms with E-state index >= 15 is 0 Å². The van der Waals surface area contributed by atoms with E-state index in [-0.39, 0.29) is 29.6 Å². The second kappa shape index (κ2) is 6.48. The van der Waals surface area contributed by atoms with Gasteiger partial charge in [0.1, 0.15) is 0 Å². The van der Waals surface area contributed by atoms with Gasteiger partial charge in [0, 0.05) is 29.5 Å². The van der Waals surface area contributed by atoms with Crippen molar-refractivity contribution in [3.05, 3.63) is 23.8 Å². The van der Waals surface area contributed by atoms with Crippen molar-refractivity contribution in [2.24, 2.45) is 0 Å². The summed E-state index contributed by atoms with van der Waals surface area (Å²) >= 11 is 0. The number of hydrazine groups is 1. The number of aromatic nitrogens is 1. The predicted octanol–water partition coefficient (Wildman–Crippen LogP) is 1.39. The van der Waals surface area contributed by atoms with Crippen LogP contribution in [0, 0.1) is 6.92 Å². The van der Waals surface area contributed by atoms with Crippen LogP contribution in [0.2, 0.25) is 0 Å². The van der Waals surface area contributed by atoms with Crippen molar-refractivity contribution in [2.75, 3.05) is 12.8 Å². The van der Waals surface area contributed by atoms with Gasteiger partial charge < -0.3 is 15.2 Å². The molecule has 0 bridgehead atoms. The number of rotatable bonds is 3. The molecular formula is C16H16N4O6. The molecule has 0 aliphatic carbocycles. The highest BCUT2D eigenvalue weighted by molar-refractivity contribution is 6.02. The molecule has 1 aromatic heterocycles. The maximum Gasteiger partial charge on any atom is 0.460 e. The van der Waals surface area contributed by atoms with Gasteiger partial charge in [0.25, 0.3) is 17.7 Å². The lowest BCUT2D eigenvalue weighted by molar-refractivity contribution is -0.207. The van der Waals surface area contributed by atoms with Crippen LogP contribution < -0.4 is 15.2 Å². The van der Waals surface area contributed by atoms with Crippen LogP contribution in [-0.4, -0.2) is 45.4 Å². The quantitative estimate of drug-likeness (QED) is 0.363. The first-order valence-corrected chi connectivity index (χ1v) is 7.63. The fourth-order valence-electron chi connectivity index (χ4n) is 2.64. The molecule has 1 fully saturated rings. The van der Waals surface area contributed by atoms with E-state index in [0.29, 0.717) is 27.2 Å². The topological polar surface area (TPSA) is 135 Å². The fourth-order valence-corrected chi connectivity index (χ4v) is 2.64. The summed E-state index contributed by atoms with van der Waals surface area (Å²) in [6.45, 7) is 1.66. The Morgan fingerprint density at radius 2 is 1.96 bits per heavy atom. The Kier molecular flexibility index (Phi) is 4.34. The molecule has 2 aromatic rings. The number of nitrogens with two attached hydrogens (primary N) is 1. The lowest BCUT2D eigenvalue weighted by Gasteiger charge is -2.23. The van der Waals surface area contributed by atoms with Crippen LogP contribution in [-0.2, 0) is 9.59 Å². The van der Waals surface area contributed by atoms with E-state index in [1.165, 1.54) is 7.11 Å². The number of aryl methyl sites for hydroxylation is 1. The van der Waals surface area contributed by atoms with Crippen LogP contribution in [0.15, 0.2) is 18.2 Å². The highest BCUT2D eigenvalue weighted by Crippen LogP contribution is 2.35. The van der Waals surface area contributed by atoms with Gasteiger partial charge in [-0.1, -0.05) is 5.17 Å². The molecule has 10 heteroatoms. The zero-order chi connectivity index (χ0) is 19.0. The number of benzene rings is 1. The summed E-state index contributed by atoms with van der Waals surface area (Å²) in [5, 5.41) is 10.7. The van der Waals surface area contributed by atoms with Crippen molar-refractivity contribution in [3.63, 3.8) is 0 Å². The van der Waals surface area contributed by atoms with Crippen molar-refractivity contribution >= 4 is 34.5 Å². The number of carbonyl (C=O) groups is 3. The lowest BCUT2D eigenvalue weighted by Crippen LogP contribution is -2.48. The number of hydrogen-bond donors (Lipinski definition) is 2. The third kappa shape index (κ3) is 2.86. The number of pyridine rings is 1. The largest absolute Gasteiger partial charge is 0.478 e. The first kappa shape index (κ1) is 17.4.